The van der Waals surface area contributed by atoms with E-state index in [-0.39, 0.29) is 23.8 Å². The van der Waals surface area contributed by atoms with Crippen molar-refractivity contribution in [2.75, 3.05) is 37.7 Å². The summed E-state index contributed by atoms with van der Waals surface area (Å²) in [5.41, 5.74) is 1.07. The van der Waals surface area contributed by atoms with Gasteiger partial charge in [0, 0.05) is 31.6 Å². The first-order valence-electron chi connectivity index (χ1n) is 11.8. The zero-order valence-electron chi connectivity index (χ0n) is 20.0. The topological polar surface area (TPSA) is 67.8 Å². The Kier molecular flexibility index (Phi) is 6.72. The Hall–Kier alpha value is -3.73. The van der Waals surface area contributed by atoms with Gasteiger partial charge >= 0.3 is 6.18 Å². The molecule has 2 aliphatic heterocycles. The third-order valence-corrected chi connectivity index (χ3v) is 6.39. The second-order valence-electron chi connectivity index (χ2n) is 8.92. The first-order valence-corrected chi connectivity index (χ1v) is 11.8. The first-order chi connectivity index (χ1) is 17.7. The maximum atomic E-state index is 13.8. The van der Waals surface area contributed by atoms with Gasteiger partial charge in [-0.25, -0.2) is 9.37 Å². The van der Waals surface area contributed by atoms with Crippen molar-refractivity contribution in [3.05, 3.63) is 76.2 Å². The molecule has 0 radical (unpaired) electrons. The van der Waals surface area contributed by atoms with E-state index in [1.165, 1.54) is 29.2 Å². The van der Waals surface area contributed by atoms with Crippen LogP contribution >= 0.6 is 0 Å². The molecular weight excluding hydrogens is 492 g/mol. The van der Waals surface area contributed by atoms with Crippen LogP contribution < -0.4 is 9.64 Å². The molecule has 0 atom stereocenters. The predicted octanol–water partition coefficient (Wildman–Crippen LogP) is 4.77. The highest BCUT2D eigenvalue weighted by atomic mass is 19.4. The summed E-state index contributed by atoms with van der Waals surface area (Å²) in [4.78, 5) is 26.0. The van der Waals surface area contributed by atoms with Gasteiger partial charge in [-0.15, -0.1) is 0 Å². The number of aryl methyl sites for hydroxylation is 1. The predicted molar refractivity (Wildman–Crippen MR) is 126 cm³/mol. The van der Waals surface area contributed by atoms with Crippen LogP contribution in [-0.2, 0) is 23.9 Å². The normalized spacial score (nSPS) is 15.9. The maximum absolute atomic E-state index is 13.8. The highest BCUT2D eigenvalue weighted by molar-refractivity contribution is 5.94. The van der Waals surface area contributed by atoms with E-state index in [2.05, 4.69) is 4.98 Å². The number of aromatic nitrogens is 2. The number of fused-ring (bicyclic) bond motifs is 1. The average molecular weight is 516 g/mol. The maximum Gasteiger partial charge on any atom is 0.416 e. The minimum absolute atomic E-state index is 0.119. The zero-order chi connectivity index (χ0) is 26.2. The molecular formula is C26H24F4N4O3. The molecule has 1 fully saturated rings. The van der Waals surface area contributed by atoms with Gasteiger partial charge in [0.2, 0.25) is 11.8 Å². The lowest BCUT2D eigenvalue weighted by atomic mass is 10.0. The van der Waals surface area contributed by atoms with E-state index in [4.69, 9.17) is 14.5 Å². The number of amides is 1. The molecule has 0 unspecified atom stereocenters. The standard InChI is InChI=1S/C26H24F4N4O3/c1-16-14-19(6-7-21(16)27)37-23-20-15-34(24(35)17-2-4-18(5-3-17)26(28,29)30)9-8-22(20)31-25(32-23)33-10-12-36-13-11-33/h2-7,14H,8-13,15H2,1H3. The SMILES string of the molecule is Cc1cc(Oc2nc(N3CCOCC3)nc3c2CN(C(=O)c2ccc(C(F)(F)F)cc2)CC3)ccc1F. The molecule has 5 rings (SSSR count). The third-order valence-electron chi connectivity index (χ3n) is 6.39. The number of benzene rings is 2. The molecule has 2 aliphatic rings. The molecule has 7 nitrogen and oxygen atoms in total. The fourth-order valence-corrected chi connectivity index (χ4v) is 4.31. The Morgan fingerprint density at radius 3 is 2.43 bits per heavy atom. The van der Waals surface area contributed by atoms with Crippen LogP contribution in [0, 0.1) is 12.7 Å². The number of halogens is 4. The lowest BCUT2D eigenvalue weighted by molar-refractivity contribution is -0.137. The Morgan fingerprint density at radius 2 is 1.76 bits per heavy atom. The summed E-state index contributed by atoms with van der Waals surface area (Å²) in [5.74, 6) is 0.360. The first kappa shape index (κ1) is 24.9. The van der Waals surface area contributed by atoms with Crippen LogP contribution in [0.4, 0.5) is 23.5 Å². The molecule has 0 spiro atoms. The minimum Gasteiger partial charge on any atom is -0.438 e. The summed E-state index contributed by atoms with van der Waals surface area (Å²) in [6.07, 6.45) is -4.06. The molecule has 0 aliphatic carbocycles. The number of morpholine rings is 1. The van der Waals surface area contributed by atoms with Crippen molar-refractivity contribution in [3.8, 4) is 11.6 Å². The summed E-state index contributed by atoms with van der Waals surface area (Å²) < 4.78 is 64.1. The lowest BCUT2D eigenvalue weighted by Gasteiger charge is -2.32. The van der Waals surface area contributed by atoms with Gasteiger partial charge < -0.3 is 19.3 Å². The molecule has 37 heavy (non-hydrogen) atoms. The Bertz CT molecular complexity index is 1310. The summed E-state index contributed by atoms with van der Waals surface area (Å²) in [6.45, 7) is 4.40. The van der Waals surface area contributed by atoms with Crippen LogP contribution in [0.1, 0.15) is 32.7 Å². The molecule has 11 heteroatoms. The van der Waals surface area contributed by atoms with E-state index in [9.17, 15) is 22.4 Å². The molecule has 3 heterocycles. The molecule has 1 amide bonds. The summed E-state index contributed by atoms with van der Waals surface area (Å²) in [5, 5.41) is 0. The third kappa shape index (κ3) is 5.36. The van der Waals surface area contributed by atoms with Crippen LogP contribution in [0.5, 0.6) is 11.6 Å². The van der Waals surface area contributed by atoms with Crippen molar-refractivity contribution < 1.29 is 31.8 Å². The number of alkyl halides is 3. The smallest absolute Gasteiger partial charge is 0.416 e. The molecule has 0 bridgehead atoms. The number of nitrogens with zero attached hydrogens (tertiary/aromatic N) is 4. The van der Waals surface area contributed by atoms with Gasteiger partial charge in [-0.05, 0) is 55.0 Å². The van der Waals surface area contributed by atoms with E-state index in [1.807, 2.05) is 4.90 Å². The molecule has 0 saturated carbocycles. The number of ether oxygens (including phenoxy) is 2. The average Bonchev–Trinajstić information content (AvgIpc) is 2.90. The van der Waals surface area contributed by atoms with Crippen LogP contribution in [0.3, 0.4) is 0 Å². The molecule has 3 aromatic rings. The van der Waals surface area contributed by atoms with E-state index in [0.717, 1.165) is 17.8 Å². The van der Waals surface area contributed by atoms with Gasteiger partial charge in [-0.3, -0.25) is 4.79 Å². The van der Waals surface area contributed by atoms with Crippen molar-refractivity contribution in [2.45, 2.75) is 26.1 Å². The molecule has 2 aromatic carbocycles. The number of hydrogen-bond acceptors (Lipinski definition) is 6. The van der Waals surface area contributed by atoms with E-state index >= 15 is 0 Å². The Morgan fingerprint density at radius 1 is 1.03 bits per heavy atom. The zero-order valence-corrected chi connectivity index (χ0v) is 20.0. The monoisotopic (exact) mass is 516 g/mol. The second-order valence-corrected chi connectivity index (χ2v) is 8.92. The molecule has 194 valence electrons. The highest BCUT2D eigenvalue weighted by Gasteiger charge is 2.32. The Balaban J connectivity index is 1.45. The highest BCUT2D eigenvalue weighted by Crippen LogP contribution is 2.33. The van der Waals surface area contributed by atoms with Gasteiger partial charge in [0.15, 0.2) is 0 Å². The van der Waals surface area contributed by atoms with E-state index in [0.29, 0.717) is 62.1 Å². The van der Waals surface area contributed by atoms with Gasteiger partial charge in [0.1, 0.15) is 11.6 Å². The second kappa shape index (κ2) is 9.97. The summed E-state index contributed by atoms with van der Waals surface area (Å²) >= 11 is 0. The van der Waals surface area contributed by atoms with Crippen molar-refractivity contribution in [1.82, 2.24) is 14.9 Å². The minimum atomic E-state index is -4.48. The van der Waals surface area contributed by atoms with Crippen LogP contribution in [-0.4, -0.2) is 53.6 Å². The van der Waals surface area contributed by atoms with Gasteiger partial charge in [0.25, 0.3) is 5.91 Å². The number of carbonyl (C=O) groups is 1. The lowest BCUT2D eigenvalue weighted by Crippen LogP contribution is -2.39. The van der Waals surface area contributed by atoms with Crippen molar-refractivity contribution in [1.29, 1.82) is 0 Å². The number of rotatable bonds is 4. The molecule has 1 saturated heterocycles. The van der Waals surface area contributed by atoms with Crippen molar-refractivity contribution in [2.24, 2.45) is 0 Å². The number of carbonyl (C=O) groups excluding carboxylic acids is 1. The van der Waals surface area contributed by atoms with Crippen LogP contribution in [0.15, 0.2) is 42.5 Å². The largest absolute Gasteiger partial charge is 0.438 e. The number of anilines is 1. The summed E-state index contributed by atoms with van der Waals surface area (Å²) in [7, 11) is 0. The van der Waals surface area contributed by atoms with Gasteiger partial charge in [-0.2, -0.15) is 18.2 Å². The van der Waals surface area contributed by atoms with Gasteiger partial charge in [0.05, 0.1) is 36.6 Å². The fourth-order valence-electron chi connectivity index (χ4n) is 4.31. The molecule has 0 N–H and O–H groups in total. The number of hydrogen-bond donors (Lipinski definition) is 0. The quantitative estimate of drug-likeness (QED) is 0.466. The van der Waals surface area contributed by atoms with E-state index in [1.54, 1.807) is 13.0 Å². The van der Waals surface area contributed by atoms with E-state index < -0.39 is 17.6 Å². The van der Waals surface area contributed by atoms with Crippen molar-refractivity contribution >= 4 is 11.9 Å². The summed E-state index contributed by atoms with van der Waals surface area (Å²) in [6, 6.07) is 8.52. The molecule has 1 aromatic heterocycles. The van der Waals surface area contributed by atoms with Crippen molar-refractivity contribution in [3.63, 3.8) is 0 Å². The fraction of sp³-hybridized carbons (Fsp3) is 0.346. The Labute approximate surface area is 210 Å². The van der Waals surface area contributed by atoms with Gasteiger partial charge in [-0.1, -0.05) is 0 Å². The van der Waals surface area contributed by atoms with Crippen LogP contribution in [0.2, 0.25) is 0 Å². The van der Waals surface area contributed by atoms with Crippen LogP contribution in [0.25, 0.3) is 0 Å².